The summed E-state index contributed by atoms with van der Waals surface area (Å²) >= 11 is 0. The van der Waals surface area contributed by atoms with E-state index in [1.807, 2.05) is 12.2 Å². The molecule has 1 saturated heterocycles. The van der Waals surface area contributed by atoms with Crippen LogP contribution >= 0.6 is 0 Å². The maximum Gasteiger partial charge on any atom is 0.416 e. The smallest absolute Gasteiger partial charge is 0.391 e. The van der Waals surface area contributed by atoms with E-state index >= 15 is 0 Å². The van der Waals surface area contributed by atoms with Gasteiger partial charge in [0.25, 0.3) is 0 Å². The van der Waals surface area contributed by atoms with Crippen molar-refractivity contribution in [1.29, 1.82) is 0 Å². The van der Waals surface area contributed by atoms with E-state index in [1.54, 1.807) is 0 Å². The molecule has 1 heterocycles. The number of nitrogens with zero attached hydrogens (tertiary/aromatic N) is 1. The van der Waals surface area contributed by atoms with Gasteiger partial charge in [0.05, 0.1) is 17.7 Å². The second kappa shape index (κ2) is 6.00. The van der Waals surface area contributed by atoms with Crippen LogP contribution in [-0.2, 0) is 11.0 Å². The van der Waals surface area contributed by atoms with Gasteiger partial charge >= 0.3 is 6.18 Å². The Morgan fingerprint density at radius 2 is 1.83 bits per heavy atom. The van der Waals surface area contributed by atoms with Crippen LogP contribution in [0.15, 0.2) is 36.4 Å². The molecule has 6 heteroatoms. The number of aliphatic hydroxyl groups is 1. The Bertz CT molecular complexity index is 619. The lowest BCUT2D eigenvalue weighted by atomic mass is 9.96. The lowest BCUT2D eigenvalue weighted by Gasteiger charge is -2.29. The molecule has 1 aliphatic carbocycles. The molecular weight excluding hydrogens is 307 g/mol. The van der Waals surface area contributed by atoms with Gasteiger partial charge in [0.1, 0.15) is 0 Å². The summed E-state index contributed by atoms with van der Waals surface area (Å²) in [6.45, 7) is 0.0895. The highest BCUT2D eigenvalue weighted by atomic mass is 19.4. The van der Waals surface area contributed by atoms with Crippen molar-refractivity contribution in [2.24, 2.45) is 5.92 Å². The summed E-state index contributed by atoms with van der Waals surface area (Å²) < 4.78 is 39.8. The third-order valence-corrected chi connectivity index (χ3v) is 4.54. The van der Waals surface area contributed by atoms with Crippen LogP contribution in [0.25, 0.3) is 0 Å². The number of alkyl halides is 3. The minimum atomic E-state index is -4.48. The van der Waals surface area contributed by atoms with Crippen LogP contribution in [0.3, 0.4) is 0 Å². The molecule has 1 aliphatic heterocycles. The number of allylic oxidation sites excluding steroid dienone is 2. The second-order valence-electron chi connectivity index (χ2n) is 6.12. The molecule has 1 aromatic rings. The average molecular weight is 325 g/mol. The molecule has 124 valence electrons. The van der Waals surface area contributed by atoms with Crippen molar-refractivity contribution in [2.75, 3.05) is 6.54 Å². The van der Waals surface area contributed by atoms with E-state index < -0.39 is 23.9 Å². The van der Waals surface area contributed by atoms with Crippen molar-refractivity contribution in [3.8, 4) is 0 Å². The van der Waals surface area contributed by atoms with E-state index in [1.165, 1.54) is 23.1 Å². The largest absolute Gasteiger partial charge is 0.416 e. The van der Waals surface area contributed by atoms with Crippen molar-refractivity contribution in [3.05, 3.63) is 47.5 Å². The van der Waals surface area contributed by atoms with E-state index in [0.29, 0.717) is 12.8 Å². The van der Waals surface area contributed by atoms with Crippen LogP contribution in [0.2, 0.25) is 0 Å². The summed E-state index contributed by atoms with van der Waals surface area (Å²) in [6.07, 6.45) is -0.0913. The number of likely N-dealkylation sites (tertiary alicyclic amines) is 1. The topological polar surface area (TPSA) is 40.5 Å². The third-order valence-electron chi connectivity index (χ3n) is 4.54. The molecule has 3 nitrogen and oxygen atoms in total. The number of aliphatic hydroxyl groups excluding tert-OH is 1. The number of benzene rings is 1. The number of carbonyl (C=O) groups is 1. The lowest BCUT2D eigenvalue weighted by molar-refractivity contribution is -0.141. The van der Waals surface area contributed by atoms with Crippen LogP contribution in [0.5, 0.6) is 0 Å². The fourth-order valence-corrected chi connectivity index (χ4v) is 3.45. The van der Waals surface area contributed by atoms with Crippen molar-refractivity contribution in [2.45, 2.75) is 37.6 Å². The summed E-state index contributed by atoms with van der Waals surface area (Å²) in [5, 5.41) is 9.93. The zero-order valence-corrected chi connectivity index (χ0v) is 12.5. The van der Waals surface area contributed by atoms with Gasteiger partial charge in [-0.1, -0.05) is 30.4 Å². The number of β-amino-alcohol motifs (C(OH)–C–C–N with tert-alkyl or cyclic N) is 1. The summed E-state index contributed by atoms with van der Waals surface area (Å²) in [6, 6.07) is 4.58. The van der Waals surface area contributed by atoms with Gasteiger partial charge < -0.3 is 10.0 Å². The van der Waals surface area contributed by atoms with Crippen LogP contribution in [0.4, 0.5) is 13.2 Å². The molecule has 0 radical (unpaired) electrons. The standard InChI is InChI=1S/C17H18F3NO2/c18-17(19,20)14-8-4-3-7-13(14)15-9-12(22)10-21(15)16(23)11-5-1-2-6-11/h1-4,7-8,11-12,15,22H,5-6,9-10H2. The molecule has 23 heavy (non-hydrogen) atoms. The molecule has 1 fully saturated rings. The first-order valence-electron chi connectivity index (χ1n) is 7.67. The van der Waals surface area contributed by atoms with Crippen LogP contribution in [0, 0.1) is 5.92 Å². The fourth-order valence-electron chi connectivity index (χ4n) is 3.45. The molecule has 0 bridgehead atoms. The summed E-state index contributed by atoms with van der Waals surface area (Å²) in [7, 11) is 0. The molecule has 2 atom stereocenters. The summed E-state index contributed by atoms with van der Waals surface area (Å²) in [5.41, 5.74) is -0.669. The fraction of sp³-hybridized carbons (Fsp3) is 0.471. The maximum atomic E-state index is 13.3. The Balaban J connectivity index is 1.93. The highest BCUT2D eigenvalue weighted by molar-refractivity contribution is 5.80. The minimum absolute atomic E-state index is 0.0656. The molecular formula is C17H18F3NO2. The Kier molecular flexibility index (Phi) is 4.19. The molecule has 0 aromatic heterocycles. The maximum absolute atomic E-state index is 13.3. The average Bonchev–Trinajstić information content (AvgIpc) is 3.15. The number of hydrogen-bond acceptors (Lipinski definition) is 2. The van der Waals surface area contributed by atoms with Crippen molar-refractivity contribution in [1.82, 2.24) is 4.90 Å². The van der Waals surface area contributed by atoms with Gasteiger partial charge in [0.15, 0.2) is 0 Å². The van der Waals surface area contributed by atoms with Crippen molar-refractivity contribution >= 4 is 5.91 Å². The SMILES string of the molecule is O=C(C1CC=CC1)N1CC(O)CC1c1ccccc1C(F)(F)F. The van der Waals surface area contributed by atoms with E-state index in [4.69, 9.17) is 0 Å². The molecule has 1 N–H and O–H groups in total. The number of rotatable bonds is 2. The Morgan fingerprint density at radius 1 is 1.17 bits per heavy atom. The quantitative estimate of drug-likeness (QED) is 0.848. The van der Waals surface area contributed by atoms with Gasteiger partial charge in [-0.25, -0.2) is 0 Å². The molecule has 1 aromatic carbocycles. The monoisotopic (exact) mass is 325 g/mol. The lowest BCUT2D eigenvalue weighted by Crippen LogP contribution is -2.36. The molecule has 3 rings (SSSR count). The normalized spacial score (nSPS) is 25.3. The summed E-state index contributed by atoms with van der Waals surface area (Å²) in [5.74, 6) is -0.394. The van der Waals surface area contributed by atoms with E-state index in [-0.39, 0.29) is 30.4 Å². The van der Waals surface area contributed by atoms with Gasteiger partial charge in [0.2, 0.25) is 5.91 Å². The Hall–Kier alpha value is -1.82. The van der Waals surface area contributed by atoms with E-state index in [2.05, 4.69) is 0 Å². The van der Waals surface area contributed by atoms with Gasteiger partial charge in [-0.15, -0.1) is 0 Å². The predicted molar refractivity (Wildman–Crippen MR) is 78.4 cm³/mol. The molecule has 0 saturated carbocycles. The number of carbonyl (C=O) groups excluding carboxylic acids is 1. The van der Waals surface area contributed by atoms with E-state index in [0.717, 1.165) is 6.07 Å². The summed E-state index contributed by atoms with van der Waals surface area (Å²) in [4.78, 5) is 14.1. The number of halogens is 3. The van der Waals surface area contributed by atoms with Crippen LogP contribution < -0.4 is 0 Å². The van der Waals surface area contributed by atoms with Crippen LogP contribution in [0.1, 0.15) is 36.4 Å². The van der Waals surface area contributed by atoms with Crippen molar-refractivity contribution < 1.29 is 23.1 Å². The first-order valence-corrected chi connectivity index (χ1v) is 7.67. The second-order valence-corrected chi connectivity index (χ2v) is 6.12. The van der Waals surface area contributed by atoms with Gasteiger partial charge in [-0.2, -0.15) is 13.2 Å². The first-order chi connectivity index (χ1) is 10.9. The van der Waals surface area contributed by atoms with E-state index in [9.17, 15) is 23.1 Å². The number of amides is 1. The first kappa shape index (κ1) is 16.1. The minimum Gasteiger partial charge on any atom is -0.391 e. The molecule has 1 amide bonds. The van der Waals surface area contributed by atoms with Crippen molar-refractivity contribution in [3.63, 3.8) is 0 Å². The Labute approximate surface area is 132 Å². The van der Waals surface area contributed by atoms with Gasteiger partial charge in [-0.3, -0.25) is 4.79 Å². The molecule has 0 spiro atoms. The highest BCUT2D eigenvalue weighted by Gasteiger charge is 2.42. The number of hydrogen-bond donors (Lipinski definition) is 1. The zero-order valence-electron chi connectivity index (χ0n) is 12.5. The highest BCUT2D eigenvalue weighted by Crippen LogP contribution is 2.41. The third kappa shape index (κ3) is 3.13. The van der Waals surface area contributed by atoms with Crippen LogP contribution in [-0.4, -0.2) is 28.6 Å². The molecule has 2 unspecified atom stereocenters. The zero-order chi connectivity index (χ0) is 16.6. The van der Waals surface area contributed by atoms with Gasteiger partial charge in [-0.05, 0) is 30.9 Å². The van der Waals surface area contributed by atoms with Gasteiger partial charge in [0, 0.05) is 12.5 Å². The molecule has 2 aliphatic rings. The predicted octanol–water partition coefficient (Wildman–Crippen LogP) is 3.31. The Morgan fingerprint density at radius 3 is 2.48 bits per heavy atom.